The van der Waals surface area contributed by atoms with Crippen LogP contribution in [-0.4, -0.2) is 24.8 Å². The van der Waals surface area contributed by atoms with Gasteiger partial charge in [0.1, 0.15) is 4.90 Å². The van der Waals surface area contributed by atoms with Crippen LogP contribution in [0.1, 0.15) is 18.4 Å². The number of nitroso groups, excluding NO2 is 3. The fraction of sp³-hybridized carbons (Fsp3) is 0.143. The highest BCUT2D eigenvalue weighted by Crippen LogP contribution is 2.62. The molecular weight excluding hydrogens is 500 g/mol. The zero-order valence-electron chi connectivity index (χ0n) is 17.9. The number of fused-ring (bicyclic) bond motifs is 1. The van der Waals surface area contributed by atoms with Crippen LogP contribution < -0.4 is 4.90 Å². The number of hydrogen-bond acceptors (Lipinski definition) is 10. The molecule has 180 valence electrons. The molecule has 1 N–H and O–H groups in total. The molecule has 0 saturated carbocycles. The minimum Gasteiger partial charge on any atom is -0.282 e. The lowest BCUT2D eigenvalue weighted by Crippen LogP contribution is -2.29. The van der Waals surface area contributed by atoms with Crippen LogP contribution in [0, 0.1) is 21.6 Å². The lowest BCUT2D eigenvalue weighted by molar-refractivity contribution is -0.119. The maximum atomic E-state index is 12.9. The van der Waals surface area contributed by atoms with Crippen LogP contribution >= 0.6 is 10.6 Å². The predicted octanol–water partition coefficient (Wildman–Crippen LogP) is 4.64. The summed E-state index contributed by atoms with van der Waals surface area (Å²) in [5, 5.41) is 0. The molecule has 2 amide bonds. The van der Waals surface area contributed by atoms with E-state index in [1.807, 2.05) is 0 Å². The van der Waals surface area contributed by atoms with Gasteiger partial charge in [-0.25, -0.2) is 4.90 Å². The van der Waals surface area contributed by atoms with Crippen LogP contribution in [0.5, 0.6) is 0 Å². The highest BCUT2D eigenvalue weighted by Gasteiger charge is 2.41. The van der Waals surface area contributed by atoms with E-state index in [1.165, 1.54) is 30.3 Å². The number of benzene rings is 2. The van der Waals surface area contributed by atoms with Crippen molar-refractivity contribution in [3.05, 3.63) is 80.0 Å². The monoisotopic (exact) mass is 516 g/mol. The first-order valence-electron chi connectivity index (χ1n) is 9.97. The summed E-state index contributed by atoms with van der Waals surface area (Å²) in [5.74, 6) is -1.29. The van der Waals surface area contributed by atoms with Crippen LogP contribution in [0.4, 0.5) is 5.69 Å². The topological polar surface area (TPSA) is 180 Å². The van der Waals surface area contributed by atoms with Gasteiger partial charge in [0.2, 0.25) is 0 Å². The van der Waals surface area contributed by atoms with Crippen LogP contribution in [0.25, 0.3) is 11.1 Å². The fourth-order valence-corrected chi connectivity index (χ4v) is 5.84. The summed E-state index contributed by atoms with van der Waals surface area (Å²) in [7, 11) is -8.99. The summed E-state index contributed by atoms with van der Waals surface area (Å²) >= 11 is 0. The minimum atomic E-state index is -4.98. The van der Waals surface area contributed by atoms with E-state index in [4.69, 9.17) is 0 Å². The molecule has 2 aromatic carbocycles. The molecule has 0 atom stereocenters. The SMILES string of the molecule is Cc1ccc(-c2ccc(N3C(=O)C4=CCCC=C4C3=O)cc2S(=O)(=O)O)c(S(N=O)(N=O)N=O)c1. The second-order valence-corrected chi connectivity index (χ2v) is 11.0. The van der Waals surface area contributed by atoms with Gasteiger partial charge >= 0.3 is 0 Å². The van der Waals surface area contributed by atoms with Gasteiger partial charge in [0.25, 0.3) is 21.9 Å². The summed E-state index contributed by atoms with van der Waals surface area (Å²) in [6, 6.07) is 7.40. The molecule has 1 heterocycles. The Bertz CT molecular complexity index is 1440. The molecular formula is C21H16N4O8S2. The van der Waals surface area contributed by atoms with Gasteiger partial charge in [-0.3, -0.25) is 14.1 Å². The van der Waals surface area contributed by atoms with E-state index < -0.39 is 37.4 Å². The number of anilines is 1. The number of rotatable bonds is 7. The maximum absolute atomic E-state index is 12.9. The summed E-state index contributed by atoms with van der Waals surface area (Å²) < 4.78 is 42.3. The van der Waals surface area contributed by atoms with Gasteiger partial charge in [0.05, 0.1) is 10.6 Å². The molecule has 12 nitrogen and oxygen atoms in total. The van der Waals surface area contributed by atoms with E-state index in [2.05, 4.69) is 13.7 Å². The largest absolute Gasteiger partial charge is 0.295 e. The summed E-state index contributed by atoms with van der Waals surface area (Å²) in [5.41, 5.74) is 0.420. The maximum Gasteiger partial charge on any atom is 0.295 e. The molecule has 0 spiro atoms. The van der Waals surface area contributed by atoms with Crippen molar-refractivity contribution >= 4 is 38.2 Å². The fourth-order valence-electron chi connectivity index (χ4n) is 3.97. The van der Waals surface area contributed by atoms with Gasteiger partial charge in [-0.1, -0.05) is 30.4 Å². The second kappa shape index (κ2) is 8.72. The van der Waals surface area contributed by atoms with E-state index in [1.54, 1.807) is 19.1 Å². The molecule has 14 heteroatoms. The Morgan fingerprint density at radius 2 is 1.31 bits per heavy atom. The summed E-state index contributed by atoms with van der Waals surface area (Å²) in [6.45, 7) is 1.58. The normalized spacial score (nSPS) is 16.3. The number of allylic oxidation sites excluding steroid dienone is 2. The number of amides is 2. The second-order valence-electron chi connectivity index (χ2n) is 7.66. The van der Waals surface area contributed by atoms with Crippen molar-refractivity contribution in [2.45, 2.75) is 29.6 Å². The van der Waals surface area contributed by atoms with Gasteiger partial charge in [-0.05, 0) is 43.5 Å². The highest BCUT2D eigenvalue weighted by atomic mass is 32.3. The van der Waals surface area contributed by atoms with Crippen molar-refractivity contribution < 1.29 is 22.6 Å². The number of nitrogens with zero attached hydrogens (tertiary/aromatic N) is 4. The Morgan fingerprint density at radius 1 is 0.800 bits per heavy atom. The molecule has 0 aromatic heterocycles. The van der Waals surface area contributed by atoms with Gasteiger partial charge < -0.3 is 0 Å². The molecule has 0 radical (unpaired) electrons. The zero-order valence-corrected chi connectivity index (χ0v) is 19.6. The zero-order chi connectivity index (χ0) is 25.5. The third kappa shape index (κ3) is 3.90. The molecule has 1 aliphatic heterocycles. The standard InChI is InChI=1S/C21H16N4O8S2/c1-12-6-8-14(18(10-12)34(22-28,23-29)24-30)15-9-7-13(11-19(15)35(31,32)33)25-20(26)16-4-2-3-5-17(16)21(25)27/h4-11H,2-3H2,1H3,(H,31,32,33). The average Bonchev–Trinajstić information content (AvgIpc) is 3.10. The van der Waals surface area contributed by atoms with E-state index in [9.17, 15) is 37.3 Å². The number of carbonyl (C=O) groups is 2. The Balaban J connectivity index is 1.96. The van der Waals surface area contributed by atoms with Crippen molar-refractivity contribution in [3.8, 4) is 11.1 Å². The average molecular weight is 517 g/mol. The lowest BCUT2D eigenvalue weighted by Gasteiger charge is -2.21. The molecule has 2 aromatic rings. The number of carbonyl (C=O) groups excluding carboxylic acids is 2. The van der Waals surface area contributed by atoms with Crippen LogP contribution in [0.3, 0.4) is 0 Å². The quantitative estimate of drug-likeness (QED) is 0.314. The first kappa shape index (κ1) is 24.3. The molecule has 1 saturated heterocycles. The highest BCUT2D eigenvalue weighted by molar-refractivity contribution is 8.30. The third-order valence-electron chi connectivity index (χ3n) is 5.56. The van der Waals surface area contributed by atoms with E-state index in [0.717, 1.165) is 11.0 Å². The van der Waals surface area contributed by atoms with Crippen LogP contribution in [0.15, 0.2) is 83.2 Å². The van der Waals surface area contributed by atoms with Gasteiger partial charge in [-0.15, -0.1) is 14.7 Å². The molecule has 1 aliphatic carbocycles. The van der Waals surface area contributed by atoms with Gasteiger partial charge in [0.15, 0.2) is 10.6 Å². The molecule has 1 fully saturated rings. The Kier molecular flexibility index (Phi) is 6.04. The van der Waals surface area contributed by atoms with E-state index in [0.29, 0.717) is 18.4 Å². The molecule has 4 rings (SSSR count). The Hall–Kier alpha value is -3.88. The van der Waals surface area contributed by atoms with E-state index in [-0.39, 0.29) is 32.9 Å². The van der Waals surface area contributed by atoms with Gasteiger partial charge in [-0.2, -0.15) is 8.42 Å². The van der Waals surface area contributed by atoms with Crippen LogP contribution in [-0.2, 0) is 19.7 Å². The first-order valence-corrected chi connectivity index (χ1v) is 12.9. The van der Waals surface area contributed by atoms with Gasteiger partial charge in [0, 0.05) is 36.0 Å². The summed E-state index contributed by atoms with van der Waals surface area (Å²) in [6.07, 6.45) is 4.39. The smallest absolute Gasteiger partial charge is 0.282 e. The number of hydrogen-bond donors (Lipinski definition) is 1. The van der Waals surface area contributed by atoms with Crippen molar-refractivity contribution in [3.63, 3.8) is 0 Å². The third-order valence-corrected chi connectivity index (χ3v) is 8.00. The first-order chi connectivity index (χ1) is 16.6. The Labute approximate surface area is 200 Å². The summed E-state index contributed by atoms with van der Waals surface area (Å²) in [4.78, 5) is 59.7. The van der Waals surface area contributed by atoms with Crippen LogP contribution in [0.2, 0.25) is 0 Å². The minimum absolute atomic E-state index is 0.123. The molecule has 0 bridgehead atoms. The Morgan fingerprint density at radius 3 is 1.83 bits per heavy atom. The van der Waals surface area contributed by atoms with E-state index >= 15 is 0 Å². The van der Waals surface area contributed by atoms with Crippen molar-refractivity contribution in [1.29, 1.82) is 0 Å². The van der Waals surface area contributed by atoms with Crippen molar-refractivity contribution in [2.24, 2.45) is 13.7 Å². The number of imide groups is 1. The van der Waals surface area contributed by atoms with Crippen molar-refractivity contribution in [1.82, 2.24) is 0 Å². The molecule has 0 unspecified atom stereocenters. The van der Waals surface area contributed by atoms with Crippen molar-refractivity contribution in [2.75, 3.05) is 4.90 Å². The predicted molar refractivity (Wildman–Crippen MR) is 128 cm³/mol. The molecule has 2 aliphatic rings. The lowest BCUT2D eigenvalue weighted by atomic mass is 10.0. The number of aryl methyl sites for hydroxylation is 1. The molecule has 35 heavy (non-hydrogen) atoms.